The minimum Gasteiger partial charge on any atom is -0.377 e. The van der Waals surface area contributed by atoms with Gasteiger partial charge in [0.2, 0.25) is 0 Å². The lowest BCUT2D eigenvalue weighted by atomic mass is 10.1. The molecule has 1 atom stereocenters. The van der Waals surface area contributed by atoms with Crippen LogP contribution in [0.2, 0.25) is 0 Å². The highest BCUT2D eigenvalue weighted by Crippen LogP contribution is 2.15. The second kappa shape index (κ2) is 7.41. The maximum atomic E-state index is 13.2. The molecule has 0 amide bonds. The normalized spacial score (nSPS) is 13.0. The Morgan fingerprint density at radius 3 is 2.71 bits per heavy atom. The molecule has 3 heteroatoms. The first-order chi connectivity index (χ1) is 8.13. The predicted molar refractivity (Wildman–Crippen MR) is 68.5 cm³/mol. The van der Waals surface area contributed by atoms with Crippen LogP contribution < -0.4 is 5.32 Å². The van der Waals surface area contributed by atoms with Crippen LogP contribution in [0.5, 0.6) is 0 Å². The van der Waals surface area contributed by atoms with Gasteiger partial charge < -0.3 is 10.1 Å². The van der Waals surface area contributed by atoms with Crippen LogP contribution in [0.4, 0.5) is 4.39 Å². The molecular weight excluding hydrogens is 217 g/mol. The summed E-state index contributed by atoms with van der Waals surface area (Å²) in [6.45, 7) is 7.59. The first kappa shape index (κ1) is 14.1. The van der Waals surface area contributed by atoms with Crippen molar-refractivity contribution in [2.45, 2.75) is 39.3 Å². The molecule has 0 aliphatic heterocycles. The van der Waals surface area contributed by atoms with E-state index in [4.69, 9.17) is 4.74 Å². The van der Waals surface area contributed by atoms with Gasteiger partial charge >= 0.3 is 0 Å². The lowest BCUT2D eigenvalue weighted by molar-refractivity contribution is 0.0611. The molecule has 0 aliphatic rings. The summed E-state index contributed by atoms with van der Waals surface area (Å²) >= 11 is 0. The molecular formula is C14H22FNO. The van der Waals surface area contributed by atoms with Crippen LogP contribution in [0.25, 0.3) is 0 Å². The van der Waals surface area contributed by atoms with Gasteiger partial charge in [-0.2, -0.15) is 0 Å². The quantitative estimate of drug-likeness (QED) is 0.788. The number of nitrogens with one attached hydrogen (secondary N) is 1. The van der Waals surface area contributed by atoms with E-state index in [2.05, 4.69) is 12.2 Å². The number of benzene rings is 1. The lowest BCUT2D eigenvalue weighted by Gasteiger charge is -2.20. The van der Waals surface area contributed by atoms with Gasteiger partial charge in [-0.3, -0.25) is 0 Å². The fraction of sp³-hybridized carbons (Fsp3) is 0.571. The van der Waals surface area contributed by atoms with E-state index in [0.717, 1.165) is 18.5 Å². The third-order valence-corrected chi connectivity index (χ3v) is 2.49. The summed E-state index contributed by atoms with van der Waals surface area (Å²) in [4.78, 5) is 0. The molecule has 17 heavy (non-hydrogen) atoms. The number of halogens is 1. The molecule has 96 valence electrons. The van der Waals surface area contributed by atoms with Crippen molar-refractivity contribution < 1.29 is 9.13 Å². The molecule has 0 aliphatic carbocycles. The van der Waals surface area contributed by atoms with Crippen LogP contribution in [0.15, 0.2) is 24.3 Å². The maximum Gasteiger partial charge on any atom is 0.123 e. The van der Waals surface area contributed by atoms with Gasteiger partial charge in [-0.15, -0.1) is 0 Å². The largest absolute Gasteiger partial charge is 0.377 e. The fourth-order valence-corrected chi connectivity index (χ4v) is 1.60. The predicted octanol–water partition coefficient (Wildman–Crippen LogP) is 3.29. The smallest absolute Gasteiger partial charge is 0.123 e. The molecule has 0 spiro atoms. The Hall–Kier alpha value is -0.930. The molecule has 0 radical (unpaired) electrons. The van der Waals surface area contributed by atoms with Gasteiger partial charge in [-0.25, -0.2) is 4.39 Å². The molecule has 1 aromatic rings. The average Bonchev–Trinajstić information content (AvgIpc) is 2.29. The van der Waals surface area contributed by atoms with Crippen molar-refractivity contribution in [3.05, 3.63) is 35.6 Å². The van der Waals surface area contributed by atoms with Crippen molar-refractivity contribution in [2.24, 2.45) is 0 Å². The maximum absolute atomic E-state index is 13.2. The molecule has 0 saturated carbocycles. The Balaban J connectivity index is 2.67. The number of hydrogen-bond donors (Lipinski definition) is 1. The number of ether oxygens (including phenoxy) is 1. The standard InChI is InChI=1S/C14H22FNO/c1-4-8-16-14(10-17-11(2)3)12-6-5-7-13(15)9-12/h5-7,9,11,14,16H,4,8,10H2,1-3H3. The summed E-state index contributed by atoms with van der Waals surface area (Å²) in [7, 11) is 0. The Morgan fingerprint density at radius 2 is 2.12 bits per heavy atom. The van der Waals surface area contributed by atoms with Gasteiger partial charge in [0, 0.05) is 0 Å². The minimum atomic E-state index is -0.199. The van der Waals surface area contributed by atoms with Crippen LogP contribution in [0.1, 0.15) is 38.8 Å². The van der Waals surface area contributed by atoms with Crippen molar-refractivity contribution in [2.75, 3.05) is 13.2 Å². The third-order valence-electron chi connectivity index (χ3n) is 2.49. The van der Waals surface area contributed by atoms with Crippen molar-refractivity contribution in [3.8, 4) is 0 Å². The Morgan fingerprint density at radius 1 is 1.35 bits per heavy atom. The van der Waals surface area contributed by atoms with Gasteiger partial charge in [0.25, 0.3) is 0 Å². The van der Waals surface area contributed by atoms with E-state index < -0.39 is 0 Å². The Kier molecular flexibility index (Phi) is 6.16. The summed E-state index contributed by atoms with van der Waals surface area (Å²) in [5.41, 5.74) is 0.944. The van der Waals surface area contributed by atoms with E-state index in [1.54, 1.807) is 12.1 Å². The zero-order valence-electron chi connectivity index (χ0n) is 10.9. The SMILES string of the molecule is CCCNC(COC(C)C)c1cccc(F)c1. The van der Waals surface area contributed by atoms with Crippen LogP contribution in [-0.4, -0.2) is 19.3 Å². The summed E-state index contributed by atoms with van der Waals surface area (Å²) < 4.78 is 18.8. The number of rotatable bonds is 7. The summed E-state index contributed by atoms with van der Waals surface area (Å²) in [5, 5.41) is 3.38. The van der Waals surface area contributed by atoms with Crippen molar-refractivity contribution in [3.63, 3.8) is 0 Å². The molecule has 0 aromatic heterocycles. The van der Waals surface area contributed by atoms with E-state index in [-0.39, 0.29) is 18.0 Å². The lowest BCUT2D eigenvalue weighted by Crippen LogP contribution is -2.27. The zero-order chi connectivity index (χ0) is 12.7. The van der Waals surface area contributed by atoms with E-state index >= 15 is 0 Å². The van der Waals surface area contributed by atoms with Crippen molar-refractivity contribution >= 4 is 0 Å². The van der Waals surface area contributed by atoms with Gasteiger partial charge in [-0.05, 0) is 44.5 Å². The van der Waals surface area contributed by atoms with Crippen molar-refractivity contribution in [1.29, 1.82) is 0 Å². The third kappa shape index (κ3) is 5.29. The highest BCUT2D eigenvalue weighted by molar-refractivity contribution is 5.20. The van der Waals surface area contributed by atoms with Gasteiger partial charge in [0.05, 0.1) is 18.8 Å². The zero-order valence-corrected chi connectivity index (χ0v) is 10.9. The summed E-state index contributed by atoms with van der Waals surface area (Å²) in [6, 6.07) is 6.76. The highest BCUT2D eigenvalue weighted by atomic mass is 19.1. The molecule has 0 bridgehead atoms. The average molecular weight is 239 g/mol. The molecule has 0 heterocycles. The molecule has 1 aromatic carbocycles. The Bertz CT molecular complexity index is 328. The van der Waals surface area contributed by atoms with E-state index in [1.165, 1.54) is 6.07 Å². The van der Waals surface area contributed by atoms with Crippen LogP contribution in [0, 0.1) is 5.82 Å². The van der Waals surface area contributed by atoms with Crippen molar-refractivity contribution in [1.82, 2.24) is 5.32 Å². The van der Waals surface area contributed by atoms with Crippen LogP contribution >= 0.6 is 0 Å². The van der Waals surface area contributed by atoms with E-state index in [1.807, 2.05) is 19.9 Å². The second-order valence-corrected chi connectivity index (χ2v) is 4.44. The molecule has 1 N–H and O–H groups in total. The van der Waals surface area contributed by atoms with E-state index in [0.29, 0.717) is 6.61 Å². The highest BCUT2D eigenvalue weighted by Gasteiger charge is 2.12. The van der Waals surface area contributed by atoms with Gasteiger partial charge in [0.15, 0.2) is 0 Å². The first-order valence-corrected chi connectivity index (χ1v) is 6.24. The molecule has 0 saturated heterocycles. The topological polar surface area (TPSA) is 21.3 Å². The van der Waals surface area contributed by atoms with Crippen LogP contribution in [0.3, 0.4) is 0 Å². The van der Waals surface area contributed by atoms with E-state index in [9.17, 15) is 4.39 Å². The van der Waals surface area contributed by atoms with Gasteiger partial charge in [-0.1, -0.05) is 19.1 Å². The molecule has 1 rings (SSSR count). The number of hydrogen-bond acceptors (Lipinski definition) is 2. The van der Waals surface area contributed by atoms with Crippen LogP contribution in [-0.2, 0) is 4.74 Å². The summed E-state index contributed by atoms with van der Waals surface area (Å²) in [5.74, 6) is -0.199. The summed E-state index contributed by atoms with van der Waals surface area (Å²) in [6.07, 6.45) is 1.24. The molecule has 2 nitrogen and oxygen atoms in total. The molecule has 1 unspecified atom stereocenters. The first-order valence-electron chi connectivity index (χ1n) is 6.24. The Labute approximate surface area is 103 Å². The molecule has 0 fully saturated rings. The second-order valence-electron chi connectivity index (χ2n) is 4.44. The van der Waals surface area contributed by atoms with Gasteiger partial charge in [0.1, 0.15) is 5.82 Å². The fourth-order valence-electron chi connectivity index (χ4n) is 1.60. The minimum absolute atomic E-state index is 0.0630. The monoisotopic (exact) mass is 239 g/mol.